The van der Waals surface area contributed by atoms with Gasteiger partial charge in [-0.25, -0.2) is 23.7 Å². The molecule has 13 heteroatoms. The summed E-state index contributed by atoms with van der Waals surface area (Å²) in [6, 6.07) is 2.06. The topological polar surface area (TPSA) is 112 Å². The third-order valence-corrected chi connectivity index (χ3v) is 4.75. The van der Waals surface area contributed by atoms with Crippen molar-refractivity contribution < 1.29 is 36.2 Å². The van der Waals surface area contributed by atoms with Gasteiger partial charge in [0.25, 0.3) is 11.9 Å². The van der Waals surface area contributed by atoms with Gasteiger partial charge in [-0.1, -0.05) is 5.92 Å². The molecule has 1 amide bonds. The van der Waals surface area contributed by atoms with Crippen molar-refractivity contribution in [2.75, 3.05) is 18.6 Å². The standard InChI is InChI=1S/C21H18F5N5O3/c1-2-3-6-33-17-10-28-15(9-29-17)18(32)30-12-4-5-14(23)13(7-12)20(11-22)8-16(21(24,25)26)34-19(27)31-20/h4-5,7,9-10,16H,6,8,11H2,1H3,(H2,27,31)(H,30,32). The van der Waals surface area contributed by atoms with Crippen molar-refractivity contribution in [3.8, 4) is 17.7 Å². The van der Waals surface area contributed by atoms with E-state index in [1.165, 1.54) is 6.20 Å². The molecule has 3 rings (SSSR count). The molecule has 2 atom stereocenters. The van der Waals surface area contributed by atoms with E-state index in [-0.39, 0.29) is 23.9 Å². The molecule has 0 spiro atoms. The summed E-state index contributed by atoms with van der Waals surface area (Å²) in [5.41, 5.74) is 2.34. The summed E-state index contributed by atoms with van der Waals surface area (Å²) in [7, 11) is 0. The number of hydrogen-bond acceptors (Lipinski definition) is 7. The van der Waals surface area contributed by atoms with Crippen LogP contribution in [0.1, 0.15) is 29.4 Å². The average Bonchev–Trinajstić information content (AvgIpc) is 2.80. The van der Waals surface area contributed by atoms with Crippen molar-refractivity contribution >= 4 is 17.6 Å². The predicted octanol–water partition coefficient (Wildman–Crippen LogP) is 3.10. The molecule has 3 N–H and O–H groups in total. The van der Waals surface area contributed by atoms with Crippen molar-refractivity contribution in [3.05, 3.63) is 47.7 Å². The van der Waals surface area contributed by atoms with E-state index in [0.29, 0.717) is 0 Å². The predicted molar refractivity (Wildman–Crippen MR) is 110 cm³/mol. The lowest BCUT2D eigenvalue weighted by Crippen LogP contribution is -2.48. The van der Waals surface area contributed by atoms with Crippen LogP contribution < -0.4 is 15.8 Å². The molecular weight excluding hydrogens is 465 g/mol. The van der Waals surface area contributed by atoms with Crippen LogP contribution >= 0.6 is 0 Å². The number of nitrogens with one attached hydrogen (secondary N) is 1. The molecule has 180 valence electrons. The van der Waals surface area contributed by atoms with E-state index in [2.05, 4.69) is 36.9 Å². The van der Waals surface area contributed by atoms with E-state index in [9.17, 15) is 26.7 Å². The number of nitrogens with zero attached hydrogens (tertiary/aromatic N) is 3. The highest BCUT2D eigenvalue weighted by atomic mass is 19.4. The fraction of sp³-hybridized carbons (Fsp3) is 0.333. The summed E-state index contributed by atoms with van der Waals surface area (Å²) in [6.07, 6.45) is -6.11. The number of alkyl halides is 4. The lowest BCUT2D eigenvalue weighted by atomic mass is 9.84. The number of aliphatic imine (C=N–C) groups is 1. The fourth-order valence-corrected chi connectivity index (χ4v) is 3.13. The Labute approximate surface area is 190 Å². The average molecular weight is 483 g/mol. The summed E-state index contributed by atoms with van der Waals surface area (Å²) in [4.78, 5) is 23.9. The summed E-state index contributed by atoms with van der Waals surface area (Å²) < 4.78 is 78.0. The number of benzene rings is 1. The summed E-state index contributed by atoms with van der Waals surface area (Å²) in [5.74, 6) is 3.62. The largest absolute Gasteiger partial charge is 0.463 e. The molecular formula is C21H18F5N5O3. The number of carbonyl (C=O) groups excluding carboxylic acids is 1. The Morgan fingerprint density at radius 3 is 2.74 bits per heavy atom. The van der Waals surface area contributed by atoms with E-state index in [4.69, 9.17) is 10.5 Å². The van der Waals surface area contributed by atoms with Gasteiger partial charge in [0.2, 0.25) is 5.88 Å². The molecule has 0 saturated carbocycles. The number of anilines is 1. The van der Waals surface area contributed by atoms with E-state index in [1.54, 1.807) is 6.92 Å². The Morgan fingerprint density at radius 1 is 1.35 bits per heavy atom. The van der Waals surface area contributed by atoms with Crippen molar-refractivity contribution in [2.24, 2.45) is 10.7 Å². The maximum Gasteiger partial charge on any atom is 0.425 e. The van der Waals surface area contributed by atoms with Crippen LogP contribution in [0.5, 0.6) is 5.88 Å². The number of ether oxygens (including phenoxy) is 2. The molecule has 2 unspecified atom stereocenters. The monoisotopic (exact) mass is 483 g/mol. The van der Waals surface area contributed by atoms with Crippen LogP contribution in [0.4, 0.5) is 27.6 Å². The molecule has 1 aromatic carbocycles. The third kappa shape index (κ3) is 5.51. The first-order valence-electron chi connectivity index (χ1n) is 9.68. The molecule has 0 fully saturated rings. The van der Waals surface area contributed by atoms with Gasteiger partial charge in [0.05, 0.1) is 12.4 Å². The Balaban J connectivity index is 1.85. The molecule has 1 aliphatic rings. The van der Waals surface area contributed by atoms with Gasteiger partial charge in [-0.15, -0.1) is 5.92 Å². The number of halogens is 5. The van der Waals surface area contributed by atoms with Crippen molar-refractivity contribution in [1.82, 2.24) is 9.97 Å². The highest BCUT2D eigenvalue weighted by Gasteiger charge is 2.52. The highest BCUT2D eigenvalue weighted by molar-refractivity contribution is 6.02. The van der Waals surface area contributed by atoms with E-state index in [1.807, 2.05) is 0 Å². The van der Waals surface area contributed by atoms with Gasteiger partial charge in [-0.2, -0.15) is 13.2 Å². The second kappa shape index (κ2) is 9.90. The van der Waals surface area contributed by atoms with Crippen LogP contribution in [-0.2, 0) is 10.3 Å². The maximum absolute atomic E-state index is 14.6. The summed E-state index contributed by atoms with van der Waals surface area (Å²) >= 11 is 0. The first-order chi connectivity index (χ1) is 16.1. The Kier molecular flexibility index (Phi) is 7.19. The van der Waals surface area contributed by atoms with Gasteiger partial charge in [0.1, 0.15) is 23.7 Å². The van der Waals surface area contributed by atoms with Gasteiger partial charge >= 0.3 is 6.18 Å². The van der Waals surface area contributed by atoms with E-state index >= 15 is 0 Å². The maximum atomic E-state index is 14.6. The molecule has 0 radical (unpaired) electrons. The van der Waals surface area contributed by atoms with Gasteiger partial charge < -0.3 is 20.5 Å². The zero-order valence-corrected chi connectivity index (χ0v) is 17.6. The summed E-state index contributed by atoms with van der Waals surface area (Å²) in [5, 5.41) is 2.40. The number of carbonyl (C=O) groups is 1. The van der Waals surface area contributed by atoms with Gasteiger partial charge in [0.15, 0.2) is 12.7 Å². The molecule has 1 aliphatic heterocycles. The van der Waals surface area contributed by atoms with Crippen LogP contribution in [0.2, 0.25) is 0 Å². The molecule has 0 aliphatic carbocycles. The molecule has 1 aromatic heterocycles. The Morgan fingerprint density at radius 2 is 2.12 bits per heavy atom. The van der Waals surface area contributed by atoms with E-state index in [0.717, 1.165) is 24.4 Å². The highest BCUT2D eigenvalue weighted by Crippen LogP contribution is 2.42. The minimum Gasteiger partial charge on any atom is -0.463 e. The van der Waals surface area contributed by atoms with Gasteiger partial charge in [-0.3, -0.25) is 4.79 Å². The van der Waals surface area contributed by atoms with Crippen molar-refractivity contribution in [2.45, 2.75) is 31.2 Å². The number of amidine groups is 1. The third-order valence-electron chi connectivity index (χ3n) is 4.75. The van der Waals surface area contributed by atoms with Crippen LogP contribution in [0.25, 0.3) is 0 Å². The lowest BCUT2D eigenvalue weighted by Gasteiger charge is -2.36. The normalized spacial score (nSPS) is 19.8. The van der Waals surface area contributed by atoms with Crippen LogP contribution in [-0.4, -0.2) is 47.5 Å². The smallest absolute Gasteiger partial charge is 0.425 e. The minimum atomic E-state index is -4.89. The SMILES string of the molecule is CC#CCOc1cnc(C(=O)Nc2ccc(F)c(C3(CF)CC(C(F)(F)F)OC(N)=N3)c2)cn1. The minimum absolute atomic E-state index is 0.0432. The van der Waals surface area contributed by atoms with Crippen molar-refractivity contribution in [3.63, 3.8) is 0 Å². The zero-order chi connectivity index (χ0) is 24.9. The molecule has 8 nitrogen and oxygen atoms in total. The molecule has 2 heterocycles. The zero-order valence-electron chi connectivity index (χ0n) is 17.6. The number of hydrogen-bond donors (Lipinski definition) is 2. The van der Waals surface area contributed by atoms with E-state index < -0.39 is 54.2 Å². The van der Waals surface area contributed by atoms with Crippen LogP contribution in [0.3, 0.4) is 0 Å². The van der Waals surface area contributed by atoms with Crippen LogP contribution in [0, 0.1) is 17.7 Å². The van der Waals surface area contributed by atoms with Crippen LogP contribution in [0.15, 0.2) is 35.6 Å². The van der Waals surface area contributed by atoms with Gasteiger partial charge in [0, 0.05) is 17.7 Å². The second-order valence-corrected chi connectivity index (χ2v) is 7.07. The molecule has 0 bridgehead atoms. The molecule has 2 aromatic rings. The quantitative estimate of drug-likeness (QED) is 0.483. The number of nitrogens with two attached hydrogens (primary N) is 1. The Hall–Kier alpha value is -3.95. The number of aromatic nitrogens is 2. The molecule has 34 heavy (non-hydrogen) atoms. The second-order valence-electron chi connectivity index (χ2n) is 7.07. The fourth-order valence-electron chi connectivity index (χ4n) is 3.13. The number of rotatable bonds is 6. The number of amides is 1. The Bertz CT molecular complexity index is 1140. The molecule has 0 saturated heterocycles. The first-order valence-corrected chi connectivity index (χ1v) is 9.68. The first kappa shape index (κ1) is 24.7. The van der Waals surface area contributed by atoms with Gasteiger partial charge in [-0.05, 0) is 25.1 Å². The lowest BCUT2D eigenvalue weighted by molar-refractivity contribution is -0.209. The van der Waals surface area contributed by atoms with Crippen molar-refractivity contribution in [1.29, 1.82) is 0 Å². The summed E-state index contributed by atoms with van der Waals surface area (Å²) in [6.45, 7) is 0.225.